The minimum Gasteiger partial charge on any atom is -0.480 e. The lowest BCUT2D eigenvalue weighted by atomic mass is 10.2. The first-order valence-corrected chi connectivity index (χ1v) is 5.58. The van der Waals surface area contributed by atoms with E-state index < -0.39 is 24.5 Å². The molecular formula is C13H12F3NO3. The van der Waals surface area contributed by atoms with Crippen molar-refractivity contribution < 1.29 is 27.9 Å². The topological polar surface area (TPSA) is 57.6 Å². The largest absolute Gasteiger partial charge is 0.480 e. The van der Waals surface area contributed by atoms with Gasteiger partial charge in [0.25, 0.3) is 5.78 Å². The van der Waals surface area contributed by atoms with Crippen LogP contribution in [-0.2, 0) is 16.1 Å². The smallest absolute Gasteiger partial charge is 0.454 e. The van der Waals surface area contributed by atoms with Crippen LogP contribution >= 0.6 is 0 Å². The van der Waals surface area contributed by atoms with Crippen LogP contribution in [0.25, 0.3) is 0 Å². The van der Waals surface area contributed by atoms with Crippen LogP contribution in [0.4, 0.5) is 13.2 Å². The number of carbonyl (C=O) groups is 2. The van der Waals surface area contributed by atoms with E-state index in [4.69, 9.17) is 5.11 Å². The zero-order chi connectivity index (χ0) is 15.2. The molecule has 0 radical (unpaired) electrons. The van der Waals surface area contributed by atoms with Crippen molar-refractivity contribution in [2.24, 2.45) is 0 Å². The Bertz CT molecular complexity index is 497. The molecule has 108 valence electrons. The van der Waals surface area contributed by atoms with Crippen LogP contribution in [0.1, 0.15) is 5.56 Å². The lowest BCUT2D eigenvalue weighted by molar-refractivity contribution is -0.165. The molecule has 4 nitrogen and oxygen atoms in total. The summed E-state index contributed by atoms with van der Waals surface area (Å²) in [7, 11) is 0. The van der Waals surface area contributed by atoms with Crippen LogP contribution in [0, 0.1) is 0 Å². The van der Waals surface area contributed by atoms with Gasteiger partial charge in [-0.15, -0.1) is 0 Å². The molecule has 0 spiro atoms. The molecule has 0 amide bonds. The Morgan fingerprint density at radius 1 is 1.20 bits per heavy atom. The summed E-state index contributed by atoms with van der Waals surface area (Å²) in [6, 6.07) is 8.61. The molecule has 0 fully saturated rings. The number of alkyl halides is 3. The number of carboxylic acid groups (broad SMARTS) is 1. The fourth-order valence-electron chi connectivity index (χ4n) is 1.42. The van der Waals surface area contributed by atoms with Gasteiger partial charge in [0.15, 0.2) is 0 Å². The van der Waals surface area contributed by atoms with E-state index in [1.165, 1.54) is 0 Å². The number of nitrogens with zero attached hydrogens (tertiary/aromatic N) is 1. The number of hydrogen-bond donors (Lipinski definition) is 1. The third-order valence-electron chi connectivity index (χ3n) is 2.28. The summed E-state index contributed by atoms with van der Waals surface area (Å²) in [5.41, 5.74) is 0.720. The molecule has 1 rings (SSSR count). The lowest BCUT2D eigenvalue weighted by Crippen LogP contribution is -2.26. The number of carboxylic acids is 1. The second-order valence-corrected chi connectivity index (χ2v) is 3.96. The number of allylic oxidation sites excluding steroid dienone is 1. The van der Waals surface area contributed by atoms with Crippen LogP contribution in [0.15, 0.2) is 42.6 Å². The quantitative estimate of drug-likeness (QED) is 0.815. The van der Waals surface area contributed by atoms with Crippen molar-refractivity contribution in [3.63, 3.8) is 0 Å². The van der Waals surface area contributed by atoms with Gasteiger partial charge in [0.1, 0.15) is 6.54 Å². The van der Waals surface area contributed by atoms with Gasteiger partial charge in [-0.05, 0) is 5.56 Å². The molecule has 0 aliphatic rings. The monoisotopic (exact) mass is 287 g/mol. The molecule has 0 heterocycles. The van der Waals surface area contributed by atoms with Crippen LogP contribution in [0.2, 0.25) is 0 Å². The molecule has 1 N–H and O–H groups in total. The summed E-state index contributed by atoms with van der Waals surface area (Å²) in [4.78, 5) is 22.5. The molecule has 0 bridgehead atoms. The Kier molecular flexibility index (Phi) is 5.31. The summed E-state index contributed by atoms with van der Waals surface area (Å²) in [6.45, 7) is -0.411. The van der Waals surface area contributed by atoms with E-state index in [0.29, 0.717) is 6.08 Å². The fraction of sp³-hybridized carbons (Fsp3) is 0.231. The maximum absolute atomic E-state index is 12.1. The highest BCUT2D eigenvalue weighted by molar-refractivity contribution is 5.94. The highest BCUT2D eigenvalue weighted by atomic mass is 19.4. The first-order chi connectivity index (χ1) is 9.29. The van der Waals surface area contributed by atoms with Crippen LogP contribution < -0.4 is 0 Å². The van der Waals surface area contributed by atoms with Crippen molar-refractivity contribution >= 4 is 11.8 Å². The molecule has 1 aromatic carbocycles. The van der Waals surface area contributed by atoms with E-state index in [9.17, 15) is 22.8 Å². The minimum absolute atomic E-state index is 0.0920. The normalized spacial score (nSPS) is 11.6. The summed E-state index contributed by atoms with van der Waals surface area (Å²) in [5, 5.41) is 8.70. The highest BCUT2D eigenvalue weighted by Crippen LogP contribution is 2.16. The zero-order valence-electron chi connectivity index (χ0n) is 10.3. The van der Waals surface area contributed by atoms with Gasteiger partial charge in [-0.3, -0.25) is 9.59 Å². The molecule has 0 aromatic heterocycles. The SMILES string of the molecule is O=C(O)CN(/C=C/C(=O)C(F)(F)F)Cc1ccccc1. The number of carbonyl (C=O) groups excluding carboxylic acids is 1. The van der Waals surface area contributed by atoms with Gasteiger partial charge in [-0.2, -0.15) is 13.2 Å². The maximum Gasteiger partial charge on any atom is 0.454 e. The molecule has 7 heteroatoms. The Labute approximate surface area is 113 Å². The molecule has 0 saturated heterocycles. The molecule has 0 saturated carbocycles. The predicted octanol–water partition coefficient (Wildman–Crippen LogP) is 2.22. The Hall–Kier alpha value is -2.31. The van der Waals surface area contributed by atoms with Crippen molar-refractivity contribution in [1.29, 1.82) is 0 Å². The van der Waals surface area contributed by atoms with Gasteiger partial charge >= 0.3 is 12.1 Å². The van der Waals surface area contributed by atoms with Crippen LogP contribution in [0.3, 0.4) is 0 Å². The van der Waals surface area contributed by atoms with E-state index in [2.05, 4.69) is 0 Å². The van der Waals surface area contributed by atoms with Crippen molar-refractivity contribution in [3.8, 4) is 0 Å². The average Bonchev–Trinajstić information content (AvgIpc) is 2.35. The average molecular weight is 287 g/mol. The van der Waals surface area contributed by atoms with Gasteiger partial charge in [-0.25, -0.2) is 0 Å². The standard InChI is InChI=1S/C13H12F3NO3/c14-13(15,16)11(18)6-7-17(9-12(19)20)8-10-4-2-1-3-5-10/h1-7H,8-9H2,(H,19,20)/b7-6+. The maximum atomic E-state index is 12.1. The first kappa shape index (κ1) is 15.7. The van der Waals surface area contributed by atoms with E-state index in [0.717, 1.165) is 16.7 Å². The number of halogens is 3. The minimum atomic E-state index is -4.96. The molecular weight excluding hydrogens is 275 g/mol. The summed E-state index contributed by atoms with van der Waals surface area (Å²) in [6.07, 6.45) is -3.79. The van der Waals surface area contributed by atoms with Gasteiger partial charge in [0.2, 0.25) is 0 Å². The van der Waals surface area contributed by atoms with Gasteiger partial charge in [-0.1, -0.05) is 30.3 Å². The van der Waals surface area contributed by atoms with Gasteiger partial charge in [0, 0.05) is 18.8 Å². The van der Waals surface area contributed by atoms with Crippen LogP contribution in [-0.4, -0.2) is 34.5 Å². The number of benzene rings is 1. The lowest BCUT2D eigenvalue weighted by Gasteiger charge is -2.18. The first-order valence-electron chi connectivity index (χ1n) is 5.58. The molecule has 0 unspecified atom stereocenters. The second-order valence-electron chi connectivity index (χ2n) is 3.96. The van der Waals surface area contributed by atoms with Crippen molar-refractivity contribution in [2.45, 2.75) is 12.7 Å². The van der Waals surface area contributed by atoms with Crippen molar-refractivity contribution in [1.82, 2.24) is 4.90 Å². The molecule has 0 aliphatic heterocycles. The highest BCUT2D eigenvalue weighted by Gasteiger charge is 2.36. The van der Waals surface area contributed by atoms with E-state index >= 15 is 0 Å². The Balaban J connectivity index is 2.77. The fourth-order valence-corrected chi connectivity index (χ4v) is 1.42. The second kappa shape index (κ2) is 6.74. The summed E-state index contributed by atoms with van der Waals surface area (Å²) < 4.78 is 36.2. The van der Waals surface area contributed by atoms with E-state index in [1.54, 1.807) is 30.3 Å². The molecule has 20 heavy (non-hydrogen) atoms. The molecule has 0 aliphatic carbocycles. The number of ketones is 1. The molecule has 0 atom stereocenters. The number of hydrogen-bond acceptors (Lipinski definition) is 3. The number of aliphatic carboxylic acids is 1. The zero-order valence-corrected chi connectivity index (χ0v) is 10.3. The molecule has 1 aromatic rings. The summed E-state index contributed by atoms with van der Waals surface area (Å²) >= 11 is 0. The van der Waals surface area contributed by atoms with Gasteiger partial charge < -0.3 is 10.0 Å². The Morgan fingerprint density at radius 2 is 1.80 bits per heavy atom. The van der Waals surface area contributed by atoms with Crippen molar-refractivity contribution in [3.05, 3.63) is 48.2 Å². The summed E-state index contributed by atoms with van der Waals surface area (Å²) in [5.74, 6) is -3.23. The third kappa shape index (κ3) is 5.55. The Morgan fingerprint density at radius 3 is 2.30 bits per heavy atom. The third-order valence-corrected chi connectivity index (χ3v) is 2.28. The predicted molar refractivity (Wildman–Crippen MR) is 64.7 cm³/mol. The number of rotatable bonds is 6. The van der Waals surface area contributed by atoms with Crippen molar-refractivity contribution in [2.75, 3.05) is 6.54 Å². The van der Waals surface area contributed by atoms with E-state index in [-0.39, 0.29) is 6.54 Å². The van der Waals surface area contributed by atoms with Gasteiger partial charge in [0.05, 0.1) is 0 Å². The van der Waals surface area contributed by atoms with E-state index in [1.807, 2.05) is 0 Å². The van der Waals surface area contributed by atoms with Crippen LogP contribution in [0.5, 0.6) is 0 Å².